The van der Waals surface area contributed by atoms with Gasteiger partial charge in [0.15, 0.2) is 6.10 Å². The highest BCUT2D eigenvalue weighted by Crippen LogP contribution is 2.17. The smallest absolute Gasteiger partial charge is 0.306 e. The van der Waals surface area contributed by atoms with Crippen molar-refractivity contribution in [3.05, 3.63) is 24.3 Å². The third-order valence-corrected chi connectivity index (χ3v) is 14.2. The highest BCUT2D eigenvalue weighted by Gasteiger charge is 2.19. The fourth-order valence-corrected chi connectivity index (χ4v) is 9.44. The van der Waals surface area contributed by atoms with Crippen LogP contribution in [0, 0.1) is 0 Å². The standard InChI is InChI=1S/C64H120O6/c1-4-7-10-13-16-19-22-24-25-26-27-28-29-30-31-32-33-34-35-36-37-38-39-41-42-45-48-51-54-57-63(66)69-60-61(59-68-62(65)56-53-50-47-44-21-18-15-12-9-6-3)70-64(67)58-55-52-49-46-43-40-23-20-17-14-11-8-5-2/h20,23,26-27,61H,4-19,21-22,24-25,28-60H2,1-3H3/b23-20-,27-26-. The van der Waals surface area contributed by atoms with Crippen LogP contribution in [0.5, 0.6) is 0 Å². The molecule has 0 aliphatic heterocycles. The lowest BCUT2D eigenvalue weighted by Crippen LogP contribution is -2.30. The van der Waals surface area contributed by atoms with Gasteiger partial charge < -0.3 is 14.2 Å². The van der Waals surface area contributed by atoms with Crippen LogP contribution in [0.3, 0.4) is 0 Å². The second kappa shape index (κ2) is 59.5. The van der Waals surface area contributed by atoms with E-state index in [1.165, 1.54) is 244 Å². The molecule has 0 aromatic rings. The molecule has 70 heavy (non-hydrogen) atoms. The van der Waals surface area contributed by atoms with E-state index in [2.05, 4.69) is 45.1 Å². The average molecular weight is 986 g/mol. The molecule has 0 aromatic heterocycles. The summed E-state index contributed by atoms with van der Waals surface area (Å²) in [6.07, 6.45) is 70.6. The first-order valence-corrected chi connectivity index (χ1v) is 31.3. The first kappa shape index (κ1) is 67.9. The second-order valence-corrected chi connectivity index (χ2v) is 21.3. The zero-order chi connectivity index (χ0) is 50.7. The molecule has 1 unspecified atom stereocenters. The molecule has 412 valence electrons. The molecule has 0 amide bonds. The summed E-state index contributed by atoms with van der Waals surface area (Å²) < 4.78 is 16.9. The number of rotatable bonds is 58. The van der Waals surface area contributed by atoms with E-state index in [0.717, 1.165) is 64.2 Å². The molecular weight excluding hydrogens is 865 g/mol. The minimum Gasteiger partial charge on any atom is -0.462 e. The van der Waals surface area contributed by atoms with Gasteiger partial charge in [0.2, 0.25) is 0 Å². The van der Waals surface area contributed by atoms with Crippen molar-refractivity contribution in [1.82, 2.24) is 0 Å². The van der Waals surface area contributed by atoms with E-state index in [4.69, 9.17) is 14.2 Å². The Morgan fingerprint density at radius 2 is 0.471 bits per heavy atom. The largest absolute Gasteiger partial charge is 0.462 e. The second-order valence-electron chi connectivity index (χ2n) is 21.3. The summed E-state index contributed by atoms with van der Waals surface area (Å²) >= 11 is 0. The van der Waals surface area contributed by atoms with Gasteiger partial charge in [-0.25, -0.2) is 0 Å². The molecule has 0 aliphatic rings. The van der Waals surface area contributed by atoms with Gasteiger partial charge in [-0.05, 0) is 70.6 Å². The lowest BCUT2D eigenvalue weighted by molar-refractivity contribution is -0.167. The minimum absolute atomic E-state index is 0.0695. The predicted octanol–water partition coefficient (Wildman–Crippen LogP) is 21.1. The van der Waals surface area contributed by atoms with Crippen LogP contribution in [0.25, 0.3) is 0 Å². The van der Waals surface area contributed by atoms with Crippen molar-refractivity contribution >= 4 is 17.9 Å². The lowest BCUT2D eigenvalue weighted by atomic mass is 10.0. The van der Waals surface area contributed by atoms with E-state index in [0.29, 0.717) is 19.3 Å². The van der Waals surface area contributed by atoms with Crippen molar-refractivity contribution in [2.45, 2.75) is 354 Å². The molecule has 6 nitrogen and oxygen atoms in total. The summed E-state index contributed by atoms with van der Waals surface area (Å²) in [4.78, 5) is 38.1. The molecule has 0 rings (SSSR count). The number of carbonyl (C=O) groups is 3. The molecule has 0 aliphatic carbocycles. The predicted molar refractivity (Wildman–Crippen MR) is 303 cm³/mol. The molecule has 1 atom stereocenters. The first-order valence-electron chi connectivity index (χ1n) is 31.3. The Morgan fingerprint density at radius 3 is 0.729 bits per heavy atom. The van der Waals surface area contributed by atoms with E-state index < -0.39 is 6.10 Å². The van der Waals surface area contributed by atoms with Crippen LogP contribution < -0.4 is 0 Å². The van der Waals surface area contributed by atoms with Gasteiger partial charge in [-0.1, -0.05) is 283 Å². The Kier molecular flexibility index (Phi) is 57.7. The molecule has 0 spiro atoms. The van der Waals surface area contributed by atoms with Crippen LogP contribution in [0.4, 0.5) is 0 Å². The zero-order valence-electron chi connectivity index (χ0n) is 47.3. The van der Waals surface area contributed by atoms with E-state index in [1.54, 1.807) is 0 Å². The fraction of sp³-hybridized carbons (Fsp3) is 0.891. The lowest BCUT2D eigenvalue weighted by Gasteiger charge is -2.18. The van der Waals surface area contributed by atoms with Gasteiger partial charge in [0.05, 0.1) is 0 Å². The summed E-state index contributed by atoms with van der Waals surface area (Å²) in [5.74, 6) is -0.859. The van der Waals surface area contributed by atoms with Crippen molar-refractivity contribution < 1.29 is 28.6 Å². The maximum atomic E-state index is 12.8. The van der Waals surface area contributed by atoms with Crippen molar-refractivity contribution in [2.24, 2.45) is 0 Å². The van der Waals surface area contributed by atoms with Gasteiger partial charge in [-0.15, -0.1) is 0 Å². The molecule has 0 radical (unpaired) electrons. The van der Waals surface area contributed by atoms with E-state index in [9.17, 15) is 14.4 Å². The minimum atomic E-state index is -0.770. The number of carbonyl (C=O) groups excluding carboxylic acids is 3. The van der Waals surface area contributed by atoms with Crippen molar-refractivity contribution in [3.63, 3.8) is 0 Å². The van der Waals surface area contributed by atoms with Crippen LogP contribution in [-0.4, -0.2) is 37.2 Å². The van der Waals surface area contributed by atoms with Crippen LogP contribution in [-0.2, 0) is 28.6 Å². The average Bonchev–Trinajstić information content (AvgIpc) is 3.36. The number of hydrogen-bond acceptors (Lipinski definition) is 6. The summed E-state index contributed by atoms with van der Waals surface area (Å²) in [6, 6.07) is 0. The third-order valence-electron chi connectivity index (χ3n) is 14.2. The van der Waals surface area contributed by atoms with Gasteiger partial charge in [-0.2, -0.15) is 0 Å². The van der Waals surface area contributed by atoms with Crippen molar-refractivity contribution in [2.75, 3.05) is 13.2 Å². The van der Waals surface area contributed by atoms with E-state index in [1.807, 2.05) is 0 Å². The van der Waals surface area contributed by atoms with E-state index >= 15 is 0 Å². The van der Waals surface area contributed by atoms with Crippen molar-refractivity contribution in [1.29, 1.82) is 0 Å². The highest BCUT2D eigenvalue weighted by atomic mass is 16.6. The number of ether oxygens (including phenoxy) is 3. The molecular formula is C64H120O6. The molecule has 0 fully saturated rings. The number of unbranched alkanes of at least 4 members (excludes halogenated alkanes) is 43. The summed E-state index contributed by atoms with van der Waals surface area (Å²) in [5.41, 5.74) is 0. The van der Waals surface area contributed by atoms with Crippen molar-refractivity contribution in [3.8, 4) is 0 Å². The molecule has 6 heteroatoms. The molecule has 0 saturated heterocycles. The molecule has 0 saturated carbocycles. The van der Waals surface area contributed by atoms with Crippen LogP contribution >= 0.6 is 0 Å². The first-order chi connectivity index (χ1) is 34.5. The number of hydrogen-bond donors (Lipinski definition) is 0. The Morgan fingerprint density at radius 1 is 0.271 bits per heavy atom. The van der Waals surface area contributed by atoms with E-state index in [-0.39, 0.29) is 31.1 Å². The SMILES string of the molecule is CCCCCC/C=C\CCCCCCCC(=O)OC(COC(=O)CCCCCCCCCCCC)COC(=O)CCCCCCCCCCCCCCCCCCC/C=C\CCCCCCCCCC. The fourth-order valence-electron chi connectivity index (χ4n) is 9.44. The summed E-state index contributed by atoms with van der Waals surface area (Å²) in [7, 11) is 0. The molecule has 0 N–H and O–H groups in total. The molecule has 0 heterocycles. The Labute approximate surface area is 436 Å². The van der Waals surface area contributed by atoms with Crippen LogP contribution in [0.15, 0.2) is 24.3 Å². The maximum absolute atomic E-state index is 12.8. The Hall–Kier alpha value is -2.11. The highest BCUT2D eigenvalue weighted by molar-refractivity contribution is 5.71. The van der Waals surface area contributed by atoms with Gasteiger partial charge in [0, 0.05) is 19.3 Å². The summed E-state index contributed by atoms with van der Waals surface area (Å²) in [5, 5.41) is 0. The normalized spacial score (nSPS) is 12.1. The Bertz CT molecular complexity index is 1130. The van der Waals surface area contributed by atoms with Gasteiger partial charge in [0.25, 0.3) is 0 Å². The summed E-state index contributed by atoms with van der Waals surface area (Å²) in [6.45, 7) is 6.65. The third kappa shape index (κ3) is 56.8. The van der Waals surface area contributed by atoms with Gasteiger partial charge in [-0.3, -0.25) is 14.4 Å². The van der Waals surface area contributed by atoms with Crippen LogP contribution in [0.1, 0.15) is 348 Å². The van der Waals surface area contributed by atoms with Gasteiger partial charge >= 0.3 is 17.9 Å². The van der Waals surface area contributed by atoms with Gasteiger partial charge in [0.1, 0.15) is 13.2 Å². The molecule has 0 bridgehead atoms. The quantitative estimate of drug-likeness (QED) is 0.0261. The monoisotopic (exact) mass is 985 g/mol. The topological polar surface area (TPSA) is 78.9 Å². The number of allylic oxidation sites excluding steroid dienone is 4. The zero-order valence-corrected chi connectivity index (χ0v) is 47.3. The van der Waals surface area contributed by atoms with Crippen LogP contribution in [0.2, 0.25) is 0 Å². The Balaban J connectivity index is 4.07. The maximum Gasteiger partial charge on any atom is 0.306 e. The number of esters is 3. The molecule has 0 aromatic carbocycles.